The molecule has 2 bridgehead atoms. The SMILES string of the molecule is CC1CC2CCC(N)(C1)C2. The van der Waals surface area contributed by atoms with E-state index in [1.807, 2.05) is 0 Å². The van der Waals surface area contributed by atoms with Gasteiger partial charge in [0.2, 0.25) is 0 Å². The number of hydrogen-bond acceptors (Lipinski definition) is 1. The molecule has 0 aromatic rings. The lowest BCUT2D eigenvalue weighted by molar-refractivity contribution is 0.242. The smallest absolute Gasteiger partial charge is 0.0159 e. The van der Waals surface area contributed by atoms with Gasteiger partial charge in [-0.15, -0.1) is 0 Å². The topological polar surface area (TPSA) is 26.0 Å². The molecule has 1 nitrogen and oxygen atoms in total. The summed E-state index contributed by atoms with van der Waals surface area (Å²) >= 11 is 0. The molecule has 58 valence electrons. The summed E-state index contributed by atoms with van der Waals surface area (Å²) in [6.45, 7) is 2.35. The van der Waals surface area contributed by atoms with Gasteiger partial charge in [-0.05, 0) is 43.9 Å². The molecule has 0 amide bonds. The van der Waals surface area contributed by atoms with Crippen LogP contribution < -0.4 is 5.73 Å². The van der Waals surface area contributed by atoms with E-state index in [9.17, 15) is 0 Å². The molecule has 0 heterocycles. The lowest BCUT2D eigenvalue weighted by Gasteiger charge is -2.32. The average molecular weight is 139 g/mol. The molecule has 1 heteroatoms. The second kappa shape index (κ2) is 1.97. The first-order valence-corrected chi connectivity index (χ1v) is 4.47. The van der Waals surface area contributed by atoms with Crippen LogP contribution in [0.15, 0.2) is 0 Å². The molecule has 0 radical (unpaired) electrons. The zero-order chi connectivity index (χ0) is 7.19. The van der Waals surface area contributed by atoms with Crippen molar-refractivity contribution in [1.82, 2.24) is 0 Å². The fourth-order valence-electron chi connectivity index (χ4n) is 3.00. The van der Waals surface area contributed by atoms with E-state index in [4.69, 9.17) is 5.73 Å². The van der Waals surface area contributed by atoms with Gasteiger partial charge in [0.05, 0.1) is 0 Å². The molecule has 3 unspecified atom stereocenters. The predicted molar refractivity (Wildman–Crippen MR) is 42.7 cm³/mol. The van der Waals surface area contributed by atoms with Gasteiger partial charge in [-0.3, -0.25) is 0 Å². The van der Waals surface area contributed by atoms with Gasteiger partial charge in [0, 0.05) is 5.54 Å². The maximum atomic E-state index is 6.19. The summed E-state index contributed by atoms with van der Waals surface area (Å²) in [5.41, 5.74) is 6.46. The van der Waals surface area contributed by atoms with E-state index in [0.717, 1.165) is 11.8 Å². The average Bonchev–Trinajstić information content (AvgIpc) is 2.06. The van der Waals surface area contributed by atoms with Crippen LogP contribution in [0, 0.1) is 11.8 Å². The fraction of sp³-hybridized carbons (Fsp3) is 1.00. The number of rotatable bonds is 0. The van der Waals surface area contributed by atoms with Gasteiger partial charge in [0.1, 0.15) is 0 Å². The van der Waals surface area contributed by atoms with Crippen molar-refractivity contribution in [2.75, 3.05) is 0 Å². The van der Waals surface area contributed by atoms with Crippen molar-refractivity contribution in [3.05, 3.63) is 0 Å². The second-order valence-electron chi connectivity index (χ2n) is 4.52. The van der Waals surface area contributed by atoms with E-state index in [-0.39, 0.29) is 5.54 Å². The summed E-state index contributed by atoms with van der Waals surface area (Å²) < 4.78 is 0. The predicted octanol–water partition coefficient (Wildman–Crippen LogP) is 1.91. The monoisotopic (exact) mass is 139 g/mol. The van der Waals surface area contributed by atoms with Crippen LogP contribution in [0.25, 0.3) is 0 Å². The molecular formula is C9H17N. The lowest BCUT2D eigenvalue weighted by atomic mass is 9.78. The Morgan fingerprint density at radius 3 is 2.90 bits per heavy atom. The van der Waals surface area contributed by atoms with E-state index < -0.39 is 0 Å². The molecule has 2 rings (SSSR count). The first-order valence-electron chi connectivity index (χ1n) is 4.47. The van der Waals surface area contributed by atoms with E-state index in [2.05, 4.69) is 6.92 Å². The maximum absolute atomic E-state index is 6.19. The second-order valence-corrected chi connectivity index (χ2v) is 4.52. The molecule has 0 spiro atoms. The summed E-state index contributed by atoms with van der Waals surface area (Å²) in [5.74, 6) is 1.87. The Kier molecular flexibility index (Phi) is 1.31. The van der Waals surface area contributed by atoms with Crippen molar-refractivity contribution in [1.29, 1.82) is 0 Å². The Hall–Kier alpha value is -0.0400. The van der Waals surface area contributed by atoms with Crippen molar-refractivity contribution < 1.29 is 0 Å². The van der Waals surface area contributed by atoms with Gasteiger partial charge in [-0.2, -0.15) is 0 Å². The number of nitrogens with two attached hydrogens (primary N) is 1. The van der Waals surface area contributed by atoms with Gasteiger partial charge < -0.3 is 5.73 Å². The summed E-state index contributed by atoms with van der Waals surface area (Å²) in [5, 5.41) is 0. The number of fused-ring (bicyclic) bond motifs is 2. The summed E-state index contributed by atoms with van der Waals surface area (Å²) in [6, 6.07) is 0. The number of hydrogen-bond donors (Lipinski definition) is 1. The van der Waals surface area contributed by atoms with E-state index in [1.165, 1.54) is 32.1 Å². The molecule has 0 aromatic heterocycles. The summed E-state index contributed by atoms with van der Waals surface area (Å²) in [6.07, 6.45) is 6.74. The maximum Gasteiger partial charge on any atom is 0.0159 e. The molecule has 2 N–H and O–H groups in total. The summed E-state index contributed by atoms with van der Waals surface area (Å²) in [4.78, 5) is 0. The van der Waals surface area contributed by atoms with Gasteiger partial charge in [0.25, 0.3) is 0 Å². The van der Waals surface area contributed by atoms with Crippen molar-refractivity contribution in [2.24, 2.45) is 17.6 Å². The quantitative estimate of drug-likeness (QED) is 0.545. The van der Waals surface area contributed by atoms with Crippen LogP contribution in [0.1, 0.15) is 39.0 Å². The van der Waals surface area contributed by atoms with Crippen LogP contribution >= 0.6 is 0 Å². The van der Waals surface area contributed by atoms with Gasteiger partial charge in [0.15, 0.2) is 0 Å². The molecule has 10 heavy (non-hydrogen) atoms. The highest BCUT2D eigenvalue weighted by atomic mass is 14.8. The zero-order valence-corrected chi connectivity index (χ0v) is 6.77. The largest absolute Gasteiger partial charge is 0.325 e. The third-order valence-electron chi connectivity index (χ3n) is 3.24. The standard InChI is InChI=1S/C9H17N/c1-7-4-8-2-3-9(10,5-7)6-8/h7-8H,2-6,10H2,1H3. The van der Waals surface area contributed by atoms with Crippen LogP contribution in [0.3, 0.4) is 0 Å². The molecule has 2 aliphatic carbocycles. The lowest BCUT2D eigenvalue weighted by Crippen LogP contribution is -2.41. The van der Waals surface area contributed by atoms with Gasteiger partial charge in [-0.1, -0.05) is 6.92 Å². The van der Waals surface area contributed by atoms with E-state index in [1.54, 1.807) is 0 Å². The van der Waals surface area contributed by atoms with Gasteiger partial charge in [-0.25, -0.2) is 0 Å². The third kappa shape index (κ3) is 0.968. The van der Waals surface area contributed by atoms with Crippen LogP contribution in [0.2, 0.25) is 0 Å². The molecule has 2 aliphatic rings. The Bertz CT molecular complexity index is 144. The van der Waals surface area contributed by atoms with E-state index in [0.29, 0.717) is 0 Å². The van der Waals surface area contributed by atoms with Crippen molar-refractivity contribution in [3.8, 4) is 0 Å². The molecule has 2 fully saturated rings. The van der Waals surface area contributed by atoms with Crippen molar-refractivity contribution in [3.63, 3.8) is 0 Å². The van der Waals surface area contributed by atoms with Crippen LogP contribution in [-0.4, -0.2) is 5.54 Å². The molecule has 0 saturated heterocycles. The highest BCUT2D eigenvalue weighted by Crippen LogP contribution is 2.45. The van der Waals surface area contributed by atoms with Crippen molar-refractivity contribution in [2.45, 2.75) is 44.6 Å². The molecule has 0 aliphatic heterocycles. The molecule has 0 aromatic carbocycles. The van der Waals surface area contributed by atoms with Gasteiger partial charge >= 0.3 is 0 Å². The zero-order valence-electron chi connectivity index (χ0n) is 6.77. The Balaban J connectivity index is 2.13. The Morgan fingerprint density at radius 1 is 1.40 bits per heavy atom. The van der Waals surface area contributed by atoms with Crippen molar-refractivity contribution >= 4 is 0 Å². The minimum atomic E-state index is 0.266. The fourth-order valence-corrected chi connectivity index (χ4v) is 3.00. The first-order chi connectivity index (χ1) is 4.68. The summed E-state index contributed by atoms with van der Waals surface area (Å²) in [7, 11) is 0. The molecule has 3 atom stereocenters. The molecular weight excluding hydrogens is 122 g/mol. The minimum Gasteiger partial charge on any atom is -0.325 e. The highest BCUT2D eigenvalue weighted by molar-refractivity contribution is 4.98. The first kappa shape index (κ1) is 6.66. The Morgan fingerprint density at radius 2 is 2.20 bits per heavy atom. The van der Waals surface area contributed by atoms with Crippen LogP contribution in [-0.2, 0) is 0 Å². The van der Waals surface area contributed by atoms with Crippen LogP contribution in [0.4, 0.5) is 0 Å². The molecule has 2 saturated carbocycles. The highest BCUT2D eigenvalue weighted by Gasteiger charge is 2.41. The van der Waals surface area contributed by atoms with E-state index >= 15 is 0 Å². The Labute approximate surface area is 63.0 Å². The normalized spacial score (nSPS) is 53.4. The third-order valence-corrected chi connectivity index (χ3v) is 3.24. The minimum absolute atomic E-state index is 0.266. The van der Waals surface area contributed by atoms with Crippen LogP contribution in [0.5, 0.6) is 0 Å².